The van der Waals surface area contributed by atoms with Crippen LogP contribution >= 0.6 is 0 Å². The number of hydrogen-bond acceptors (Lipinski definition) is 2. The molecule has 1 aromatic carbocycles. The molecule has 2 rings (SSSR count). The first kappa shape index (κ1) is 12.3. The van der Waals surface area contributed by atoms with Crippen molar-refractivity contribution in [2.45, 2.75) is 13.1 Å². The number of alkyl halides is 3. The van der Waals surface area contributed by atoms with Crippen LogP contribution in [0.15, 0.2) is 30.4 Å². The summed E-state index contributed by atoms with van der Waals surface area (Å²) in [6.45, 7) is 1.54. The zero-order valence-corrected chi connectivity index (χ0v) is 9.28. The van der Waals surface area contributed by atoms with Crippen LogP contribution in [0, 0.1) is 6.92 Å². The Balaban J connectivity index is 2.51. The van der Waals surface area contributed by atoms with Gasteiger partial charge in [0.05, 0.1) is 11.3 Å². The molecule has 1 aliphatic rings. The van der Waals surface area contributed by atoms with Gasteiger partial charge >= 0.3 is 6.18 Å². The summed E-state index contributed by atoms with van der Waals surface area (Å²) in [7, 11) is 0. The van der Waals surface area contributed by atoms with E-state index in [1.54, 1.807) is 0 Å². The van der Waals surface area contributed by atoms with E-state index in [0.29, 0.717) is 5.56 Å². The van der Waals surface area contributed by atoms with Crippen molar-refractivity contribution in [2.75, 3.05) is 4.90 Å². The smallest absolute Gasteiger partial charge is 0.269 e. The summed E-state index contributed by atoms with van der Waals surface area (Å²) >= 11 is 0. The normalized spacial score (nSPS) is 15.7. The minimum Gasteiger partial charge on any atom is -0.269 e. The third-order valence-electron chi connectivity index (χ3n) is 2.59. The maximum atomic E-state index is 12.6. The average Bonchev–Trinajstić information content (AvgIpc) is 2.58. The summed E-state index contributed by atoms with van der Waals surface area (Å²) in [5, 5.41) is 0. The molecule has 0 saturated carbocycles. The standard InChI is InChI=1S/C12H8F3NO2/c1-7-2-3-8(12(13,14)15)6-9(7)16-10(17)4-5-11(16)18/h2-6H,1H3. The fraction of sp³-hybridized carbons (Fsp3) is 0.167. The number of benzene rings is 1. The van der Waals surface area contributed by atoms with Gasteiger partial charge in [0, 0.05) is 12.2 Å². The molecule has 6 heteroatoms. The van der Waals surface area contributed by atoms with Crippen LogP contribution in [-0.2, 0) is 15.8 Å². The molecular formula is C12H8F3NO2. The molecule has 94 valence electrons. The Bertz CT molecular complexity index is 543. The van der Waals surface area contributed by atoms with Crippen LogP contribution in [0.2, 0.25) is 0 Å². The molecule has 0 bridgehead atoms. The van der Waals surface area contributed by atoms with E-state index >= 15 is 0 Å². The molecule has 0 aromatic heterocycles. The number of aryl methyl sites for hydroxylation is 1. The average molecular weight is 255 g/mol. The Hall–Kier alpha value is -2.11. The minimum atomic E-state index is -4.51. The fourth-order valence-corrected chi connectivity index (χ4v) is 1.66. The highest BCUT2D eigenvalue weighted by atomic mass is 19.4. The lowest BCUT2D eigenvalue weighted by atomic mass is 10.1. The molecule has 2 amide bonds. The van der Waals surface area contributed by atoms with Gasteiger partial charge in [-0.25, -0.2) is 4.90 Å². The van der Waals surface area contributed by atoms with E-state index in [0.717, 1.165) is 29.2 Å². The van der Waals surface area contributed by atoms with Crippen LogP contribution in [0.25, 0.3) is 0 Å². The second-order valence-electron chi connectivity index (χ2n) is 3.84. The maximum Gasteiger partial charge on any atom is 0.416 e. The molecule has 0 aliphatic carbocycles. The lowest BCUT2D eigenvalue weighted by Crippen LogP contribution is -2.30. The number of hydrogen-bond donors (Lipinski definition) is 0. The highest BCUT2D eigenvalue weighted by molar-refractivity contribution is 6.28. The lowest BCUT2D eigenvalue weighted by Gasteiger charge is -2.18. The van der Waals surface area contributed by atoms with Crippen LogP contribution in [0.1, 0.15) is 11.1 Å². The molecule has 1 aliphatic heterocycles. The van der Waals surface area contributed by atoms with Crippen molar-refractivity contribution >= 4 is 17.5 Å². The molecule has 0 fully saturated rings. The Labute approximate surface area is 101 Å². The summed E-state index contributed by atoms with van der Waals surface area (Å²) in [5.74, 6) is -1.27. The van der Waals surface area contributed by atoms with E-state index < -0.39 is 23.6 Å². The third kappa shape index (κ3) is 2.01. The Morgan fingerprint density at radius 1 is 1.06 bits per heavy atom. The number of carbonyl (C=O) groups excluding carboxylic acids is 2. The molecule has 0 radical (unpaired) electrons. The maximum absolute atomic E-state index is 12.6. The van der Waals surface area contributed by atoms with E-state index in [9.17, 15) is 22.8 Å². The molecule has 0 N–H and O–H groups in total. The molecule has 0 atom stereocenters. The van der Waals surface area contributed by atoms with Gasteiger partial charge in [-0.3, -0.25) is 9.59 Å². The molecule has 1 heterocycles. The molecule has 3 nitrogen and oxygen atoms in total. The molecule has 18 heavy (non-hydrogen) atoms. The predicted octanol–water partition coefficient (Wildman–Crippen LogP) is 2.44. The van der Waals surface area contributed by atoms with Crippen molar-refractivity contribution in [1.29, 1.82) is 0 Å². The van der Waals surface area contributed by atoms with E-state index in [-0.39, 0.29) is 5.69 Å². The van der Waals surface area contributed by atoms with E-state index in [2.05, 4.69) is 0 Å². The fourth-order valence-electron chi connectivity index (χ4n) is 1.66. The summed E-state index contributed by atoms with van der Waals surface area (Å²) in [5.41, 5.74) is -0.506. The quantitative estimate of drug-likeness (QED) is 0.723. The number of imide groups is 1. The monoisotopic (exact) mass is 255 g/mol. The van der Waals surface area contributed by atoms with E-state index in [1.807, 2.05) is 0 Å². The number of anilines is 1. The van der Waals surface area contributed by atoms with Gasteiger partial charge in [-0.15, -0.1) is 0 Å². The Morgan fingerprint density at radius 2 is 1.61 bits per heavy atom. The molecule has 1 aromatic rings. The summed E-state index contributed by atoms with van der Waals surface area (Å²) in [6, 6.07) is 2.95. The van der Waals surface area contributed by atoms with E-state index in [4.69, 9.17) is 0 Å². The number of nitrogens with zero attached hydrogens (tertiary/aromatic N) is 1. The number of halogens is 3. The van der Waals surface area contributed by atoms with Crippen molar-refractivity contribution in [1.82, 2.24) is 0 Å². The van der Waals surface area contributed by atoms with Gasteiger partial charge in [0.1, 0.15) is 0 Å². The first-order valence-electron chi connectivity index (χ1n) is 5.04. The van der Waals surface area contributed by atoms with Gasteiger partial charge < -0.3 is 0 Å². The van der Waals surface area contributed by atoms with Crippen LogP contribution in [0.5, 0.6) is 0 Å². The molecule has 0 saturated heterocycles. The molecule has 0 unspecified atom stereocenters. The molecule has 0 spiro atoms. The molecular weight excluding hydrogens is 247 g/mol. The van der Waals surface area contributed by atoms with Gasteiger partial charge in [-0.05, 0) is 24.6 Å². The first-order chi connectivity index (χ1) is 8.30. The van der Waals surface area contributed by atoms with Gasteiger partial charge in [-0.2, -0.15) is 13.2 Å². The van der Waals surface area contributed by atoms with Gasteiger partial charge in [0.2, 0.25) is 0 Å². The van der Waals surface area contributed by atoms with Crippen LogP contribution in [0.4, 0.5) is 18.9 Å². The lowest BCUT2D eigenvalue weighted by molar-refractivity contribution is -0.137. The zero-order chi connectivity index (χ0) is 13.5. The minimum absolute atomic E-state index is 0.0372. The Morgan fingerprint density at radius 3 is 2.11 bits per heavy atom. The Kier molecular flexibility index (Phi) is 2.73. The van der Waals surface area contributed by atoms with Crippen molar-refractivity contribution in [2.24, 2.45) is 0 Å². The van der Waals surface area contributed by atoms with Crippen molar-refractivity contribution in [3.05, 3.63) is 41.5 Å². The highest BCUT2D eigenvalue weighted by Crippen LogP contribution is 2.34. The number of amides is 2. The van der Waals surface area contributed by atoms with Crippen LogP contribution < -0.4 is 4.90 Å². The van der Waals surface area contributed by atoms with Crippen molar-refractivity contribution < 1.29 is 22.8 Å². The van der Waals surface area contributed by atoms with Gasteiger partial charge in [0.25, 0.3) is 11.8 Å². The van der Waals surface area contributed by atoms with Gasteiger partial charge in [0.15, 0.2) is 0 Å². The predicted molar refractivity (Wildman–Crippen MR) is 57.8 cm³/mol. The topological polar surface area (TPSA) is 37.4 Å². The summed E-state index contributed by atoms with van der Waals surface area (Å²) in [4.78, 5) is 23.6. The second kappa shape index (κ2) is 3.97. The number of rotatable bonds is 1. The highest BCUT2D eigenvalue weighted by Gasteiger charge is 2.33. The summed E-state index contributed by atoms with van der Waals surface area (Å²) < 4.78 is 37.7. The second-order valence-corrected chi connectivity index (χ2v) is 3.84. The van der Waals surface area contributed by atoms with Crippen LogP contribution in [-0.4, -0.2) is 11.8 Å². The van der Waals surface area contributed by atoms with Crippen molar-refractivity contribution in [3.8, 4) is 0 Å². The largest absolute Gasteiger partial charge is 0.416 e. The SMILES string of the molecule is Cc1ccc(C(F)(F)F)cc1N1C(=O)C=CC1=O. The third-order valence-corrected chi connectivity index (χ3v) is 2.59. The summed E-state index contributed by atoms with van der Waals surface area (Å²) in [6.07, 6.45) is -2.45. The van der Waals surface area contributed by atoms with Crippen molar-refractivity contribution in [3.63, 3.8) is 0 Å². The van der Waals surface area contributed by atoms with E-state index in [1.165, 1.54) is 13.0 Å². The van der Waals surface area contributed by atoms with Gasteiger partial charge in [-0.1, -0.05) is 6.07 Å². The van der Waals surface area contributed by atoms with Crippen LogP contribution in [0.3, 0.4) is 0 Å². The number of carbonyl (C=O) groups is 2. The zero-order valence-electron chi connectivity index (χ0n) is 9.28. The first-order valence-corrected chi connectivity index (χ1v) is 5.04.